The molecule has 0 saturated carbocycles. The molecule has 0 aliphatic rings. The largest absolute Gasteiger partial charge is 0.383 e. The molecule has 0 bridgehead atoms. The minimum atomic E-state index is 0.769. The van der Waals surface area contributed by atoms with E-state index in [0.717, 1.165) is 38.2 Å². The molecule has 0 aliphatic heterocycles. The van der Waals surface area contributed by atoms with Crippen molar-refractivity contribution in [2.24, 2.45) is 0 Å². The van der Waals surface area contributed by atoms with Crippen LogP contribution in [0, 0.1) is 6.92 Å². The van der Waals surface area contributed by atoms with Crippen LogP contribution in [-0.2, 0) is 11.2 Å². The maximum atomic E-state index is 4.99. The second-order valence-corrected chi connectivity index (χ2v) is 4.93. The molecule has 0 fully saturated rings. The van der Waals surface area contributed by atoms with Crippen molar-refractivity contribution in [2.75, 3.05) is 26.8 Å². The number of benzene rings is 1. The van der Waals surface area contributed by atoms with Crippen molar-refractivity contribution in [3.63, 3.8) is 0 Å². The molecular weight excluding hydrogens is 250 g/mol. The van der Waals surface area contributed by atoms with Gasteiger partial charge in [0.25, 0.3) is 0 Å². The number of ether oxygens (including phenoxy) is 1. The average molecular weight is 273 g/mol. The molecule has 0 amide bonds. The third-order valence-electron chi connectivity index (χ3n) is 3.30. The van der Waals surface area contributed by atoms with E-state index in [1.807, 2.05) is 16.9 Å². The molecule has 0 radical (unpaired) electrons. The molecule has 1 aromatic heterocycles. The predicted octanol–water partition coefficient (Wildman–Crippen LogP) is 2.35. The molecule has 108 valence electrons. The second-order valence-electron chi connectivity index (χ2n) is 4.93. The van der Waals surface area contributed by atoms with Gasteiger partial charge < -0.3 is 10.1 Å². The van der Waals surface area contributed by atoms with Gasteiger partial charge in [0.2, 0.25) is 0 Å². The zero-order chi connectivity index (χ0) is 14.2. The number of methoxy groups -OCH3 is 1. The summed E-state index contributed by atoms with van der Waals surface area (Å²) in [5, 5.41) is 7.80. The van der Waals surface area contributed by atoms with Crippen molar-refractivity contribution in [3.05, 3.63) is 47.8 Å². The lowest BCUT2D eigenvalue weighted by molar-refractivity contribution is 0.199. The summed E-state index contributed by atoms with van der Waals surface area (Å²) >= 11 is 0. The van der Waals surface area contributed by atoms with E-state index in [1.165, 1.54) is 11.1 Å². The minimum Gasteiger partial charge on any atom is -0.383 e. The van der Waals surface area contributed by atoms with Crippen LogP contribution >= 0.6 is 0 Å². The first-order valence-electron chi connectivity index (χ1n) is 7.10. The number of para-hydroxylation sites is 1. The van der Waals surface area contributed by atoms with Crippen LogP contribution in [-0.4, -0.2) is 36.6 Å². The van der Waals surface area contributed by atoms with E-state index in [2.05, 4.69) is 41.7 Å². The molecule has 1 heterocycles. The molecule has 0 saturated heterocycles. The SMILES string of the molecule is COCCNCCCc1cnn(-c2ccccc2C)c1. The lowest BCUT2D eigenvalue weighted by atomic mass is 10.2. The van der Waals surface area contributed by atoms with Gasteiger partial charge >= 0.3 is 0 Å². The molecule has 4 heteroatoms. The Hall–Kier alpha value is -1.65. The molecule has 20 heavy (non-hydrogen) atoms. The number of aryl methyl sites for hydroxylation is 2. The molecule has 0 aliphatic carbocycles. The van der Waals surface area contributed by atoms with Gasteiger partial charge in [-0.15, -0.1) is 0 Å². The van der Waals surface area contributed by atoms with Crippen molar-refractivity contribution in [2.45, 2.75) is 19.8 Å². The Morgan fingerprint density at radius 1 is 1.25 bits per heavy atom. The van der Waals surface area contributed by atoms with Crippen molar-refractivity contribution < 1.29 is 4.74 Å². The highest BCUT2D eigenvalue weighted by molar-refractivity contribution is 5.39. The number of hydrogen-bond acceptors (Lipinski definition) is 3. The van der Waals surface area contributed by atoms with E-state index in [0.29, 0.717) is 0 Å². The van der Waals surface area contributed by atoms with E-state index in [9.17, 15) is 0 Å². The van der Waals surface area contributed by atoms with E-state index in [4.69, 9.17) is 4.74 Å². The molecule has 0 unspecified atom stereocenters. The van der Waals surface area contributed by atoms with Crippen LogP contribution in [0.15, 0.2) is 36.7 Å². The van der Waals surface area contributed by atoms with Gasteiger partial charge in [0, 0.05) is 19.9 Å². The zero-order valence-corrected chi connectivity index (χ0v) is 12.3. The number of hydrogen-bond donors (Lipinski definition) is 1. The Balaban J connectivity index is 1.82. The first-order chi connectivity index (χ1) is 9.81. The molecule has 4 nitrogen and oxygen atoms in total. The summed E-state index contributed by atoms with van der Waals surface area (Å²) in [5.74, 6) is 0. The number of rotatable bonds is 8. The Bertz CT molecular complexity index is 522. The summed E-state index contributed by atoms with van der Waals surface area (Å²) in [7, 11) is 1.72. The lowest BCUT2D eigenvalue weighted by Gasteiger charge is -2.04. The van der Waals surface area contributed by atoms with Crippen LogP contribution < -0.4 is 5.32 Å². The van der Waals surface area contributed by atoms with Gasteiger partial charge in [-0.25, -0.2) is 4.68 Å². The number of nitrogens with one attached hydrogen (secondary N) is 1. The van der Waals surface area contributed by atoms with Crippen molar-refractivity contribution in [3.8, 4) is 5.69 Å². The van der Waals surface area contributed by atoms with Crippen LogP contribution in [0.4, 0.5) is 0 Å². The second kappa shape index (κ2) is 7.82. The minimum absolute atomic E-state index is 0.769. The topological polar surface area (TPSA) is 39.1 Å². The van der Waals surface area contributed by atoms with E-state index in [-0.39, 0.29) is 0 Å². The fourth-order valence-corrected chi connectivity index (χ4v) is 2.16. The number of aromatic nitrogens is 2. The standard InChI is InChI=1S/C16H23N3O/c1-14-6-3-4-8-16(14)19-13-15(12-18-19)7-5-9-17-10-11-20-2/h3-4,6,8,12-13,17H,5,7,9-11H2,1-2H3. The van der Waals surface area contributed by atoms with Crippen LogP contribution in [0.25, 0.3) is 5.69 Å². The van der Waals surface area contributed by atoms with Gasteiger partial charge in [-0.05, 0) is 43.5 Å². The van der Waals surface area contributed by atoms with E-state index in [1.54, 1.807) is 7.11 Å². The smallest absolute Gasteiger partial charge is 0.0674 e. The summed E-state index contributed by atoms with van der Waals surface area (Å²) in [4.78, 5) is 0. The zero-order valence-electron chi connectivity index (χ0n) is 12.3. The highest BCUT2D eigenvalue weighted by Gasteiger charge is 2.03. The van der Waals surface area contributed by atoms with Crippen LogP contribution in [0.5, 0.6) is 0 Å². The van der Waals surface area contributed by atoms with Crippen molar-refractivity contribution >= 4 is 0 Å². The summed E-state index contributed by atoms with van der Waals surface area (Å²) in [6, 6.07) is 8.30. The van der Waals surface area contributed by atoms with Crippen LogP contribution in [0.2, 0.25) is 0 Å². The maximum absolute atomic E-state index is 4.99. The summed E-state index contributed by atoms with van der Waals surface area (Å²) < 4.78 is 6.96. The molecule has 0 atom stereocenters. The van der Waals surface area contributed by atoms with Gasteiger partial charge in [-0.2, -0.15) is 5.10 Å². The summed E-state index contributed by atoms with van der Waals surface area (Å²) in [6.07, 6.45) is 6.24. The summed E-state index contributed by atoms with van der Waals surface area (Å²) in [6.45, 7) is 4.81. The predicted molar refractivity (Wildman–Crippen MR) is 81.4 cm³/mol. The summed E-state index contributed by atoms with van der Waals surface area (Å²) in [5.41, 5.74) is 3.67. The Morgan fingerprint density at radius 3 is 2.90 bits per heavy atom. The van der Waals surface area contributed by atoms with Crippen molar-refractivity contribution in [1.29, 1.82) is 0 Å². The fourth-order valence-electron chi connectivity index (χ4n) is 2.16. The highest BCUT2D eigenvalue weighted by atomic mass is 16.5. The first-order valence-corrected chi connectivity index (χ1v) is 7.10. The highest BCUT2D eigenvalue weighted by Crippen LogP contribution is 2.13. The Labute approximate surface area is 120 Å². The van der Waals surface area contributed by atoms with Crippen molar-refractivity contribution in [1.82, 2.24) is 15.1 Å². The van der Waals surface area contributed by atoms with Gasteiger partial charge in [-0.1, -0.05) is 18.2 Å². The fraction of sp³-hybridized carbons (Fsp3) is 0.438. The van der Waals surface area contributed by atoms with E-state index >= 15 is 0 Å². The molecule has 2 rings (SSSR count). The Kier molecular flexibility index (Phi) is 5.77. The van der Waals surface area contributed by atoms with Gasteiger partial charge in [-0.3, -0.25) is 0 Å². The Morgan fingerprint density at radius 2 is 2.10 bits per heavy atom. The molecular formula is C16H23N3O. The average Bonchev–Trinajstić information content (AvgIpc) is 2.92. The third kappa shape index (κ3) is 4.18. The monoisotopic (exact) mass is 273 g/mol. The molecule has 1 aromatic carbocycles. The number of nitrogens with zero attached hydrogens (tertiary/aromatic N) is 2. The first kappa shape index (κ1) is 14.8. The molecule has 2 aromatic rings. The van der Waals surface area contributed by atoms with E-state index < -0.39 is 0 Å². The third-order valence-corrected chi connectivity index (χ3v) is 3.30. The van der Waals surface area contributed by atoms with Crippen LogP contribution in [0.1, 0.15) is 17.5 Å². The van der Waals surface area contributed by atoms with Gasteiger partial charge in [0.1, 0.15) is 0 Å². The van der Waals surface area contributed by atoms with Crippen LogP contribution in [0.3, 0.4) is 0 Å². The normalized spacial score (nSPS) is 10.9. The van der Waals surface area contributed by atoms with Gasteiger partial charge in [0.15, 0.2) is 0 Å². The van der Waals surface area contributed by atoms with Gasteiger partial charge in [0.05, 0.1) is 18.5 Å². The lowest BCUT2D eigenvalue weighted by Crippen LogP contribution is -2.20. The molecule has 0 spiro atoms. The molecule has 1 N–H and O–H groups in total. The quantitative estimate of drug-likeness (QED) is 0.750. The maximum Gasteiger partial charge on any atom is 0.0674 e.